The number of carboxylic acid groups (broad SMARTS) is 1. The van der Waals surface area contributed by atoms with Gasteiger partial charge in [0.25, 0.3) is 0 Å². The number of ether oxygens (including phenoxy) is 2. The molecule has 0 atom stereocenters. The van der Waals surface area contributed by atoms with Crippen molar-refractivity contribution in [2.75, 3.05) is 14.2 Å². The van der Waals surface area contributed by atoms with E-state index >= 15 is 0 Å². The molecule has 92 valence electrons. The number of carbonyl (C=O) groups is 1. The van der Waals surface area contributed by atoms with Crippen LogP contribution in [-0.2, 0) is 5.60 Å². The van der Waals surface area contributed by atoms with Crippen molar-refractivity contribution in [3.05, 3.63) is 23.3 Å². The zero-order chi connectivity index (χ0) is 12.6. The molecule has 5 heteroatoms. The third kappa shape index (κ3) is 1.93. The summed E-state index contributed by atoms with van der Waals surface area (Å²) in [5, 5.41) is 19.1. The molecule has 0 aliphatic heterocycles. The number of aromatic carboxylic acids is 1. The van der Waals surface area contributed by atoms with Crippen molar-refractivity contribution in [2.24, 2.45) is 0 Å². The first-order valence-corrected chi connectivity index (χ1v) is 5.24. The fourth-order valence-corrected chi connectivity index (χ4v) is 1.80. The Kier molecular flexibility index (Phi) is 2.71. The van der Waals surface area contributed by atoms with E-state index in [1.54, 1.807) is 6.07 Å². The van der Waals surface area contributed by atoms with Gasteiger partial charge >= 0.3 is 5.97 Å². The first-order valence-electron chi connectivity index (χ1n) is 5.24. The summed E-state index contributed by atoms with van der Waals surface area (Å²) in [7, 11) is 2.82. The average Bonchev–Trinajstić information content (AvgIpc) is 3.06. The van der Waals surface area contributed by atoms with Gasteiger partial charge in [0.05, 0.1) is 19.8 Å². The van der Waals surface area contributed by atoms with Crippen LogP contribution in [0.4, 0.5) is 0 Å². The minimum atomic E-state index is -1.11. The van der Waals surface area contributed by atoms with Gasteiger partial charge in [0.2, 0.25) is 0 Å². The molecule has 0 spiro atoms. The maximum Gasteiger partial charge on any atom is 0.339 e. The lowest BCUT2D eigenvalue weighted by Gasteiger charge is -2.15. The molecule has 2 N–H and O–H groups in total. The van der Waals surface area contributed by atoms with E-state index in [-0.39, 0.29) is 11.3 Å². The van der Waals surface area contributed by atoms with Gasteiger partial charge < -0.3 is 19.7 Å². The van der Waals surface area contributed by atoms with Gasteiger partial charge in [0, 0.05) is 0 Å². The molecular formula is C12H14O5. The Morgan fingerprint density at radius 3 is 2.35 bits per heavy atom. The summed E-state index contributed by atoms with van der Waals surface area (Å²) in [6.45, 7) is 0. The molecule has 0 unspecified atom stereocenters. The number of hydrogen-bond donors (Lipinski definition) is 2. The molecule has 0 saturated heterocycles. The van der Waals surface area contributed by atoms with Gasteiger partial charge in [0.1, 0.15) is 5.56 Å². The topological polar surface area (TPSA) is 76.0 Å². The van der Waals surface area contributed by atoms with Crippen LogP contribution in [0.1, 0.15) is 28.8 Å². The predicted octanol–water partition coefficient (Wildman–Crippen LogP) is 1.38. The van der Waals surface area contributed by atoms with Crippen molar-refractivity contribution < 1.29 is 24.5 Å². The molecular weight excluding hydrogens is 224 g/mol. The highest BCUT2D eigenvalue weighted by Gasteiger charge is 2.43. The lowest BCUT2D eigenvalue weighted by Crippen LogP contribution is -2.09. The number of aliphatic hydroxyl groups is 1. The molecule has 0 amide bonds. The van der Waals surface area contributed by atoms with Gasteiger partial charge in [-0.15, -0.1) is 0 Å². The molecule has 1 fully saturated rings. The Bertz CT molecular complexity index is 462. The van der Waals surface area contributed by atoms with E-state index < -0.39 is 11.6 Å². The smallest absolute Gasteiger partial charge is 0.339 e. The molecule has 0 heterocycles. The highest BCUT2D eigenvalue weighted by atomic mass is 16.5. The van der Waals surface area contributed by atoms with Gasteiger partial charge in [0.15, 0.2) is 11.5 Å². The normalized spacial score (nSPS) is 16.4. The Morgan fingerprint density at radius 1 is 1.29 bits per heavy atom. The second kappa shape index (κ2) is 3.92. The summed E-state index contributed by atoms with van der Waals surface area (Å²) in [4.78, 5) is 11.1. The van der Waals surface area contributed by atoms with Crippen molar-refractivity contribution in [3.63, 3.8) is 0 Å². The van der Waals surface area contributed by atoms with Crippen LogP contribution in [-0.4, -0.2) is 30.4 Å². The van der Waals surface area contributed by atoms with Crippen molar-refractivity contribution >= 4 is 5.97 Å². The molecule has 0 radical (unpaired) electrons. The molecule has 0 bridgehead atoms. The van der Waals surface area contributed by atoms with Crippen molar-refractivity contribution in [1.82, 2.24) is 0 Å². The quantitative estimate of drug-likeness (QED) is 0.828. The Labute approximate surface area is 98.6 Å². The van der Waals surface area contributed by atoms with Crippen LogP contribution in [0.5, 0.6) is 11.5 Å². The van der Waals surface area contributed by atoms with Gasteiger partial charge in [-0.1, -0.05) is 0 Å². The molecule has 1 aliphatic carbocycles. The second-order valence-electron chi connectivity index (χ2n) is 4.10. The van der Waals surface area contributed by atoms with Crippen LogP contribution in [0.2, 0.25) is 0 Å². The predicted molar refractivity (Wildman–Crippen MR) is 59.6 cm³/mol. The number of benzene rings is 1. The van der Waals surface area contributed by atoms with Gasteiger partial charge in [-0.3, -0.25) is 0 Å². The zero-order valence-electron chi connectivity index (χ0n) is 9.69. The summed E-state index contributed by atoms with van der Waals surface area (Å²) in [5.41, 5.74) is -0.334. The largest absolute Gasteiger partial charge is 0.493 e. The average molecular weight is 238 g/mol. The summed E-state index contributed by atoms with van der Waals surface area (Å²) in [6, 6.07) is 3.06. The molecule has 1 saturated carbocycles. The lowest BCUT2D eigenvalue weighted by atomic mass is 10.0. The maximum absolute atomic E-state index is 11.1. The van der Waals surface area contributed by atoms with E-state index in [0.717, 1.165) is 0 Å². The highest BCUT2D eigenvalue weighted by molar-refractivity contribution is 5.92. The first-order chi connectivity index (χ1) is 8.01. The van der Waals surface area contributed by atoms with E-state index in [9.17, 15) is 9.90 Å². The van der Waals surface area contributed by atoms with Crippen LogP contribution in [0.25, 0.3) is 0 Å². The first kappa shape index (κ1) is 11.7. The minimum Gasteiger partial charge on any atom is -0.493 e. The third-order valence-electron chi connectivity index (χ3n) is 2.97. The maximum atomic E-state index is 11.1. The summed E-state index contributed by atoms with van der Waals surface area (Å²) >= 11 is 0. The monoisotopic (exact) mass is 238 g/mol. The van der Waals surface area contributed by atoms with Crippen molar-refractivity contribution in [2.45, 2.75) is 18.4 Å². The van der Waals surface area contributed by atoms with Crippen molar-refractivity contribution in [1.29, 1.82) is 0 Å². The van der Waals surface area contributed by atoms with E-state index in [4.69, 9.17) is 14.6 Å². The minimum absolute atomic E-state index is 0.00201. The Balaban J connectivity index is 2.59. The van der Waals surface area contributed by atoms with Crippen LogP contribution in [0.15, 0.2) is 12.1 Å². The summed E-state index contributed by atoms with van der Waals surface area (Å²) in [5.74, 6) is -0.609. The fraction of sp³-hybridized carbons (Fsp3) is 0.417. The highest BCUT2D eigenvalue weighted by Crippen LogP contribution is 2.48. The van der Waals surface area contributed by atoms with Gasteiger partial charge in [-0.05, 0) is 30.5 Å². The Hall–Kier alpha value is -1.75. The third-order valence-corrected chi connectivity index (χ3v) is 2.97. The van der Waals surface area contributed by atoms with Crippen LogP contribution >= 0.6 is 0 Å². The second-order valence-corrected chi connectivity index (χ2v) is 4.10. The summed E-state index contributed by atoms with van der Waals surface area (Å²) < 4.78 is 10.1. The van der Waals surface area contributed by atoms with Gasteiger partial charge in [-0.25, -0.2) is 4.79 Å². The standard InChI is InChI=1S/C12H14O5/c1-16-9-6-7(12(15)3-4-12)5-8(11(13)14)10(9)17-2/h5-6,15H,3-4H2,1-2H3,(H,13,14). The van der Waals surface area contributed by atoms with Crippen LogP contribution in [0.3, 0.4) is 0 Å². The molecule has 0 aromatic heterocycles. The summed E-state index contributed by atoms with van der Waals surface area (Å²) in [6.07, 6.45) is 1.28. The Morgan fingerprint density at radius 2 is 1.94 bits per heavy atom. The zero-order valence-corrected chi connectivity index (χ0v) is 9.69. The molecule has 2 rings (SSSR count). The number of methoxy groups -OCH3 is 2. The lowest BCUT2D eigenvalue weighted by molar-refractivity contribution is 0.0692. The number of carboxylic acids is 1. The van der Waals surface area contributed by atoms with E-state index in [0.29, 0.717) is 24.2 Å². The molecule has 1 aromatic rings. The van der Waals surface area contributed by atoms with E-state index in [2.05, 4.69) is 0 Å². The fourth-order valence-electron chi connectivity index (χ4n) is 1.80. The van der Waals surface area contributed by atoms with Crippen molar-refractivity contribution in [3.8, 4) is 11.5 Å². The number of rotatable bonds is 4. The molecule has 1 aliphatic rings. The number of hydrogen-bond acceptors (Lipinski definition) is 4. The van der Waals surface area contributed by atoms with Crippen LogP contribution in [0, 0.1) is 0 Å². The van der Waals surface area contributed by atoms with Gasteiger partial charge in [-0.2, -0.15) is 0 Å². The molecule has 17 heavy (non-hydrogen) atoms. The molecule has 5 nitrogen and oxygen atoms in total. The SMILES string of the molecule is COc1cc(C2(O)CC2)cc(C(=O)O)c1OC. The van der Waals surface area contributed by atoms with E-state index in [1.807, 2.05) is 0 Å². The molecule has 1 aromatic carbocycles. The van der Waals surface area contributed by atoms with Crippen LogP contribution < -0.4 is 9.47 Å². The van der Waals surface area contributed by atoms with E-state index in [1.165, 1.54) is 20.3 Å².